The van der Waals surface area contributed by atoms with Gasteiger partial charge < -0.3 is 10.1 Å². The normalized spacial score (nSPS) is 20.1. The van der Waals surface area contributed by atoms with Gasteiger partial charge in [0.15, 0.2) is 0 Å². The second kappa shape index (κ2) is 7.05. The molecule has 0 aromatic carbocycles. The van der Waals surface area contributed by atoms with Crippen LogP contribution in [0.1, 0.15) is 50.6 Å². The Balaban J connectivity index is 1.65. The highest BCUT2D eigenvalue weighted by Gasteiger charge is 2.18. The minimum Gasteiger partial charge on any atom is -0.378 e. The second-order valence-corrected chi connectivity index (χ2v) is 5.81. The molecule has 3 heterocycles. The minimum atomic E-state index is 0.385. The summed E-state index contributed by atoms with van der Waals surface area (Å²) in [5.74, 6) is 0. The molecule has 0 aliphatic carbocycles. The van der Waals surface area contributed by atoms with Crippen molar-refractivity contribution in [2.75, 3.05) is 13.2 Å². The molecule has 0 bridgehead atoms. The number of rotatable bonds is 7. The fraction of sp³-hybridized carbons (Fsp3) is 0.588. The van der Waals surface area contributed by atoms with Crippen LogP contribution in [0, 0.1) is 0 Å². The SMILES string of the molecule is CCNC(CCCC1CCCO1)c1cnn2ccccc12. The van der Waals surface area contributed by atoms with Crippen molar-refractivity contribution >= 4 is 5.52 Å². The van der Waals surface area contributed by atoms with Crippen LogP contribution in [0.5, 0.6) is 0 Å². The third-order valence-corrected chi connectivity index (χ3v) is 4.33. The lowest BCUT2D eigenvalue weighted by Gasteiger charge is -2.18. The van der Waals surface area contributed by atoms with Gasteiger partial charge in [-0.1, -0.05) is 13.0 Å². The van der Waals surface area contributed by atoms with Gasteiger partial charge in [-0.15, -0.1) is 0 Å². The Morgan fingerprint density at radius 2 is 2.43 bits per heavy atom. The Labute approximate surface area is 126 Å². The highest BCUT2D eigenvalue weighted by Crippen LogP contribution is 2.25. The summed E-state index contributed by atoms with van der Waals surface area (Å²) in [5, 5.41) is 8.07. The van der Waals surface area contributed by atoms with Gasteiger partial charge in [0.2, 0.25) is 0 Å². The summed E-state index contributed by atoms with van der Waals surface area (Å²) in [6.45, 7) is 4.10. The predicted octanol–water partition coefficient (Wildman–Crippen LogP) is 3.33. The van der Waals surface area contributed by atoms with E-state index in [9.17, 15) is 0 Å². The van der Waals surface area contributed by atoms with E-state index in [1.807, 2.05) is 23.0 Å². The van der Waals surface area contributed by atoms with E-state index < -0.39 is 0 Å². The molecule has 4 nitrogen and oxygen atoms in total. The van der Waals surface area contributed by atoms with Crippen molar-refractivity contribution in [3.8, 4) is 0 Å². The average Bonchev–Trinajstić information content (AvgIpc) is 3.16. The van der Waals surface area contributed by atoms with Crippen LogP contribution in [0.4, 0.5) is 0 Å². The average molecular weight is 287 g/mol. The molecule has 0 amide bonds. The molecular formula is C17H25N3O. The molecule has 1 aliphatic rings. The molecule has 0 saturated carbocycles. The van der Waals surface area contributed by atoms with Crippen LogP contribution in [0.3, 0.4) is 0 Å². The van der Waals surface area contributed by atoms with Crippen LogP contribution in [0.2, 0.25) is 0 Å². The molecule has 1 saturated heterocycles. The Bertz CT molecular complexity index is 560. The summed E-state index contributed by atoms with van der Waals surface area (Å²) in [4.78, 5) is 0. The first-order valence-corrected chi connectivity index (χ1v) is 8.15. The van der Waals surface area contributed by atoms with E-state index in [-0.39, 0.29) is 0 Å². The molecule has 2 aromatic rings. The lowest BCUT2D eigenvalue weighted by Crippen LogP contribution is -2.21. The summed E-state index contributed by atoms with van der Waals surface area (Å²) in [6, 6.07) is 6.63. The van der Waals surface area contributed by atoms with Gasteiger partial charge in [0.25, 0.3) is 0 Å². The van der Waals surface area contributed by atoms with Gasteiger partial charge >= 0.3 is 0 Å². The molecule has 2 atom stereocenters. The Morgan fingerprint density at radius 1 is 1.48 bits per heavy atom. The van der Waals surface area contributed by atoms with E-state index in [2.05, 4.69) is 29.5 Å². The molecule has 1 N–H and O–H groups in total. The molecule has 3 rings (SSSR count). The predicted molar refractivity (Wildman–Crippen MR) is 84.4 cm³/mol. The molecule has 1 fully saturated rings. The molecule has 0 radical (unpaired) electrons. The highest BCUT2D eigenvalue weighted by atomic mass is 16.5. The molecule has 1 aliphatic heterocycles. The van der Waals surface area contributed by atoms with E-state index in [0.717, 1.165) is 19.6 Å². The maximum atomic E-state index is 5.72. The van der Waals surface area contributed by atoms with Crippen LogP contribution < -0.4 is 5.32 Å². The minimum absolute atomic E-state index is 0.385. The quantitative estimate of drug-likeness (QED) is 0.849. The largest absolute Gasteiger partial charge is 0.378 e. The van der Waals surface area contributed by atoms with E-state index in [1.54, 1.807) is 0 Å². The molecule has 2 aromatic heterocycles. The number of fused-ring (bicyclic) bond motifs is 1. The van der Waals surface area contributed by atoms with Gasteiger partial charge in [0.1, 0.15) is 0 Å². The van der Waals surface area contributed by atoms with E-state index in [4.69, 9.17) is 4.74 Å². The Hall–Kier alpha value is -1.39. The van der Waals surface area contributed by atoms with Crippen molar-refractivity contribution in [1.82, 2.24) is 14.9 Å². The molecule has 0 spiro atoms. The van der Waals surface area contributed by atoms with Crippen LogP contribution in [-0.4, -0.2) is 28.9 Å². The zero-order valence-corrected chi connectivity index (χ0v) is 12.8. The molecular weight excluding hydrogens is 262 g/mol. The summed E-state index contributed by atoms with van der Waals surface area (Å²) < 4.78 is 7.68. The molecule has 2 unspecified atom stereocenters. The summed E-state index contributed by atoms with van der Waals surface area (Å²) in [5.41, 5.74) is 2.52. The first-order valence-electron chi connectivity index (χ1n) is 8.15. The number of nitrogens with one attached hydrogen (secondary N) is 1. The first kappa shape index (κ1) is 14.5. The second-order valence-electron chi connectivity index (χ2n) is 5.81. The fourth-order valence-corrected chi connectivity index (χ4v) is 3.26. The molecule has 21 heavy (non-hydrogen) atoms. The number of pyridine rings is 1. The number of aromatic nitrogens is 2. The summed E-state index contributed by atoms with van der Waals surface area (Å²) >= 11 is 0. The van der Waals surface area contributed by atoms with Gasteiger partial charge in [-0.2, -0.15) is 5.10 Å². The third kappa shape index (κ3) is 3.44. The van der Waals surface area contributed by atoms with Gasteiger partial charge in [-0.05, 0) is 50.8 Å². The van der Waals surface area contributed by atoms with Crippen molar-refractivity contribution < 1.29 is 4.74 Å². The van der Waals surface area contributed by atoms with Gasteiger partial charge in [-0.3, -0.25) is 0 Å². The summed E-state index contributed by atoms with van der Waals surface area (Å²) in [7, 11) is 0. The number of ether oxygens (including phenoxy) is 1. The van der Waals surface area contributed by atoms with Gasteiger partial charge in [0, 0.05) is 24.4 Å². The number of hydrogen-bond acceptors (Lipinski definition) is 3. The van der Waals surface area contributed by atoms with Crippen LogP contribution in [-0.2, 0) is 4.74 Å². The van der Waals surface area contributed by atoms with Gasteiger partial charge in [-0.25, -0.2) is 4.52 Å². The van der Waals surface area contributed by atoms with E-state index in [1.165, 1.54) is 36.8 Å². The maximum Gasteiger partial charge on any atom is 0.0709 e. The first-order chi connectivity index (χ1) is 10.4. The zero-order chi connectivity index (χ0) is 14.5. The van der Waals surface area contributed by atoms with Crippen molar-refractivity contribution in [2.24, 2.45) is 0 Å². The maximum absolute atomic E-state index is 5.72. The van der Waals surface area contributed by atoms with Crippen LogP contribution in [0.25, 0.3) is 5.52 Å². The highest BCUT2D eigenvalue weighted by molar-refractivity contribution is 5.54. The molecule has 4 heteroatoms. The van der Waals surface area contributed by atoms with E-state index >= 15 is 0 Å². The lowest BCUT2D eigenvalue weighted by atomic mass is 10.00. The fourth-order valence-electron chi connectivity index (χ4n) is 3.26. The lowest BCUT2D eigenvalue weighted by molar-refractivity contribution is 0.101. The Morgan fingerprint density at radius 3 is 3.24 bits per heavy atom. The van der Waals surface area contributed by atoms with Gasteiger partial charge in [0.05, 0.1) is 17.8 Å². The summed E-state index contributed by atoms with van der Waals surface area (Å²) in [6.07, 6.45) is 10.5. The molecule has 114 valence electrons. The standard InChI is InChI=1S/C17H25N3O/c1-2-18-16(9-5-7-14-8-6-12-21-14)15-13-19-20-11-4-3-10-17(15)20/h3-4,10-11,13-14,16,18H,2,5-9,12H2,1H3. The Kier molecular flexibility index (Phi) is 4.88. The smallest absolute Gasteiger partial charge is 0.0709 e. The zero-order valence-electron chi connectivity index (χ0n) is 12.8. The number of nitrogens with zero attached hydrogens (tertiary/aromatic N) is 2. The van der Waals surface area contributed by atoms with Crippen molar-refractivity contribution in [3.63, 3.8) is 0 Å². The third-order valence-electron chi connectivity index (χ3n) is 4.33. The van der Waals surface area contributed by atoms with Crippen molar-refractivity contribution in [3.05, 3.63) is 36.2 Å². The monoisotopic (exact) mass is 287 g/mol. The van der Waals surface area contributed by atoms with Crippen LogP contribution in [0.15, 0.2) is 30.6 Å². The van der Waals surface area contributed by atoms with Crippen molar-refractivity contribution in [1.29, 1.82) is 0 Å². The topological polar surface area (TPSA) is 38.6 Å². The van der Waals surface area contributed by atoms with Crippen LogP contribution >= 0.6 is 0 Å². The number of hydrogen-bond donors (Lipinski definition) is 1. The van der Waals surface area contributed by atoms with Crippen molar-refractivity contribution in [2.45, 2.75) is 51.2 Å². The van der Waals surface area contributed by atoms with E-state index in [0.29, 0.717) is 12.1 Å².